The zero-order valence-corrected chi connectivity index (χ0v) is 23.4. The maximum absolute atomic E-state index is 10.5. The topological polar surface area (TPSA) is 66.4 Å². The van der Waals surface area contributed by atoms with Crippen LogP contribution in [0.5, 0.6) is 0 Å². The van der Waals surface area contributed by atoms with E-state index in [1.54, 1.807) is 0 Å². The van der Waals surface area contributed by atoms with E-state index < -0.39 is 30.2 Å². The molecule has 214 valence electrons. The van der Waals surface area contributed by atoms with Crippen LogP contribution < -0.4 is 0 Å². The van der Waals surface area contributed by atoms with E-state index in [0.29, 0.717) is 26.4 Å². The van der Waals surface area contributed by atoms with Crippen molar-refractivity contribution >= 4 is 0 Å². The van der Waals surface area contributed by atoms with Crippen LogP contribution in [0.15, 0.2) is 121 Å². The molecule has 0 aliphatic carbocycles. The largest absolute Gasteiger partial charge is 0.394 e. The second kappa shape index (κ2) is 14.5. The molecule has 1 saturated heterocycles. The molecular formula is C35H38O6. The Hall–Kier alpha value is -3.36. The SMILES string of the molecule is CC1(OCc2ccccc2)OC(CO)C(OCc2ccccc2)C(OCc2ccccc2)C1OCc1ccccc1. The highest BCUT2D eigenvalue weighted by Crippen LogP contribution is 2.38. The van der Waals surface area contributed by atoms with Crippen molar-refractivity contribution in [3.05, 3.63) is 144 Å². The highest BCUT2D eigenvalue weighted by atomic mass is 16.7. The van der Waals surface area contributed by atoms with Crippen LogP contribution in [0.2, 0.25) is 0 Å². The lowest BCUT2D eigenvalue weighted by atomic mass is 9.92. The number of aliphatic hydroxyl groups excluding tert-OH is 1. The molecule has 1 aliphatic heterocycles. The smallest absolute Gasteiger partial charge is 0.195 e. The van der Waals surface area contributed by atoms with E-state index in [2.05, 4.69) is 0 Å². The van der Waals surface area contributed by atoms with Crippen molar-refractivity contribution in [3.63, 3.8) is 0 Å². The van der Waals surface area contributed by atoms with Crippen LogP contribution in [0.4, 0.5) is 0 Å². The van der Waals surface area contributed by atoms with Crippen molar-refractivity contribution in [2.75, 3.05) is 6.61 Å². The summed E-state index contributed by atoms with van der Waals surface area (Å²) in [6.07, 6.45) is -2.58. The van der Waals surface area contributed by atoms with Crippen LogP contribution in [0.3, 0.4) is 0 Å². The van der Waals surface area contributed by atoms with Gasteiger partial charge in [-0.1, -0.05) is 121 Å². The van der Waals surface area contributed by atoms with E-state index in [4.69, 9.17) is 23.7 Å². The van der Waals surface area contributed by atoms with Crippen LogP contribution in [0.25, 0.3) is 0 Å². The van der Waals surface area contributed by atoms with Crippen LogP contribution in [-0.4, -0.2) is 41.9 Å². The molecule has 4 aromatic rings. The van der Waals surface area contributed by atoms with Crippen LogP contribution in [-0.2, 0) is 50.1 Å². The maximum atomic E-state index is 10.5. The average Bonchev–Trinajstić information content (AvgIpc) is 3.03. The van der Waals surface area contributed by atoms with Gasteiger partial charge in [0, 0.05) is 0 Å². The van der Waals surface area contributed by atoms with Gasteiger partial charge in [0.2, 0.25) is 0 Å². The standard InChI is InChI=1S/C35H38O6/c1-35(40-26-30-20-12-5-13-21-30)34(39-25-29-18-10-4-11-19-29)33(38-24-28-16-8-3-9-17-28)32(31(22-36)41-35)37-23-27-14-6-2-7-15-27/h2-21,31-34,36H,22-26H2,1H3. The predicted molar refractivity (Wildman–Crippen MR) is 157 cm³/mol. The molecule has 4 aromatic carbocycles. The quantitative estimate of drug-likeness (QED) is 0.217. The Morgan fingerprint density at radius 3 is 1.39 bits per heavy atom. The van der Waals surface area contributed by atoms with Gasteiger partial charge in [-0.25, -0.2) is 0 Å². The van der Waals surface area contributed by atoms with Gasteiger partial charge >= 0.3 is 0 Å². The summed E-state index contributed by atoms with van der Waals surface area (Å²) in [5.41, 5.74) is 4.06. The average molecular weight is 555 g/mol. The first-order valence-electron chi connectivity index (χ1n) is 14.1. The molecular weight excluding hydrogens is 516 g/mol. The molecule has 1 heterocycles. The van der Waals surface area contributed by atoms with E-state index in [1.165, 1.54) is 0 Å². The Labute approximate surface area is 242 Å². The van der Waals surface area contributed by atoms with Crippen molar-refractivity contribution < 1.29 is 28.8 Å². The minimum atomic E-state index is -1.23. The lowest BCUT2D eigenvalue weighted by Crippen LogP contribution is -2.66. The van der Waals surface area contributed by atoms with Gasteiger partial charge < -0.3 is 28.8 Å². The van der Waals surface area contributed by atoms with Gasteiger partial charge in [0.25, 0.3) is 0 Å². The zero-order valence-electron chi connectivity index (χ0n) is 23.4. The van der Waals surface area contributed by atoms with Gasteiger partial charge in [-0.15, -0.1) is 0 Å². The number of benzene rings is 4. The first kappa shape index (κ1) is 29.1. The van der Waals surface area contributed by atoms with Gasteiger partial charge in [-0.3, -0.25) is 0 Å². The Bertz CT molecular complexity index is 1290. The van der Waals surface area contributed by atoms with Gasteiger partial charge in [-0.2, -0.15) is 0 Å². The molecule has 0 bridgehead atoms. The fourth-order valence-electron chi connectivity index (χ4n) is 5.10. The summed E-state index contributed by atoms with van der Waals surface area (Å²) in [6.45, 7) is 2.92. The highest BCUT2D eigenvalue weighted by molar-refractivity contribution is 5.17. The first-order valence-corrected chi connectivity index (χ1v) is 14.1. The van der Waals surface area contributed by atoms with Crippen LogP contribution in [0, 0.1) is 0 Å². The summed E-state index contributed by atoms with van der Waals surface area (Å²) in [5.74, 6) is -1.23. The Morgan fingerprint density at radius 1 is 0.561 bits per heavy atom. The third-order valence-corrected chi connectivity index (χ3v) is 7.28. The molecule has 5 unspecified atom stereocenters. The third-order valence-electron chi connectivity index (χ3n) is 7.28. The fourth-order valence-corrected chi connectivity index (χ4v) is 5.10. The van der Waals surface area contributed by atoms with Crippen molar-refractivity contribution in [2.45, 2.75) is 63.6 Å². The zero-order chi connectivity index (χ0) is 28.3. The lowest BCUT2D eigenvalue weighted by Gasteiger charge is -2.50. The molecule has 0 radical (unpaired) electrons. The second-order valence-corrected chi connectivity index (χ2v) is 10.4. The molecule has 6 nitrogen and oxygen atoms in total. The van der Waals surface area contributed by atoms with Gasteiger partial charge in [0.15, 0.2) is 5.79 Å². The minimum absolute atomic E-state index is 0.264. The number of rotatable bonds is 13. The molecule has 1 fully saturated rings. The molecule has 0 amide bonds. The summed E-state index contributed by atoms with van der Waals surface area (Å²) < 4.78 is 32.7. The van der Waals surface area contributed by atoms with Crippen molar-refractivity contribution in [1.82, 2.24) is 0 Å². The summed E-state index contributed by atoms with van der Waals surface area (Å²) in [6, 6.07) is 39.8. The Morgan fingerprint density at radius 2 is 0.951 bits per heavy atom. The highest BCUT2D eigenvalue weighted by Gasteiger charge is 2.55. The summed E-state index contributed by atoms with van der Waals surface area (Å²) in [5, 5.41) is 10.5. The normalized spacial score (nSPS) is 24.2. The number of hydrogen-bond acceptors (Lipinski definition) is 6. The maximum Gasteiger partial charge on any atom is 0.195 e. The number of ether oxygens (including phenoxy) is 5. The molecule has 5 rings (SSSR count). The van der Waals surface area contributed by atoms with Crippen LogP contribution >= 0.6 is 0 Å². The first-order chi connectivity index (χ1) is 20.1. The molecule has 1 aliphatic rings. The van der Waals surface area contributed by atoms with Gasteiger partial charge in [-0.05, 0) is 29.2 Å². The van der Waals surface area contributed by atoms with Crippen LogP contribution in [0.1, 0.15) is 29.2 Å². The molecule has 41 heavy (non-hydrogen) atoms. The van der Waals surface area contributed by atoms with E-state index in [0.717, 1.165) is 22.3 Å². The van der Waals surface area contributed by atoms with Crippen molar-refractivity contribution in [3.8, 4) is 0 Å². The predicted octanol–water partition coefficient (Wildman–Crippen LogP) is 6.07. The minimum Gasteiger partial charge on any atom is -0.394 e. The summed E-state index contributed by atoms with van der Waals surface area (Å²) in [7, 11) is 0. The van der Waals surface area contributed by atoms with E-state index >= 15 is 0 Å². The van der Waals surface area contributed by atoms with Crippen molar-refractivity contribution in [2.24, 2.45) is 0 Å². The number of hydrogen-bond donors (Lipinski definition) is 1. The molecule has 0 saturated carbocycles. The van der Waals surface area contributed by atoms with E-state index in [9.17, 15) is 5.11 Å². The summed E-state index contributed by atoms with van der Waals surface area (Å²) >= 11 is 0. The lowest BCUT2D eigenvalue weighted by molar-refractivity contribution is -0.378. The van der Waals surface area contributed by atoms with Gasteiger partial charge in [0.1, 0.15) is 24.4 Å². The molecule has 0 spiro atoms. The van der Waals surface area contributed by atoms with Crippen molar-refractivity contribution in [1.29, 1.82) is 0 Å². The molecule has 6 heteroatoms. The Balaban J connectivity index is 1.45. The molecule has 0 aromatic heterocycles. The van der Waals surface area contributed by atoms with Gasteiger partial charge in [0.05, 0.1) is 33.0 Å². The fraction of sp³-hybridized carbons (Fsp3) is 0.314. The Kier molecular flexibility index (Phi) is 10.3. The monoisotopic (exact) mass is 554 g/mol. The summed E-state index contributed by atoms with van der Waals surface area (Å²) in [4.78, 5) is 0. The van der Waals surface area contributed by atoms with E-state index in [1.807, 2.05) is 128 Å². The van der Waals surface area contributed by atoms with E-state index in [-0.39, 0.29) is 6.61 Å². The number of aliphatic hydroxyl groups is 1. The second-order valence-electron chi connectivity index (χ2n) is 10.4. The molecule has 1 N–H and O–H groups in total. The molecule has 5 atom stereocenters. The third kappa shape index (κ3) is 7.89.